The molecule has 5 N–H and O–H groups in total. The molecule has 1 saturated carbocycles. The minimum absolute atomic E-state index is 0.0598. The standard InChI is InChI=1S/C30H44N6O3/c1-30(2,21-31)38-17-9-16-33-27(37)15-14-26(22-10-5-3-6-11-22)36-20-23-18-28(34-19-25(23)35-29(36)32)39-24-12-7-4-8-13-24/h4,7-8,12-13,18-19,22,26H,3,5-6,9-11,14-17,20-21,31H2,1-2H3,(H2,32,35)(H,33,37). The number of hydrogen-bond acceptors (Lipinski definition) is 8. The summed E-state index contributed by atoms with van der Waals surface area (Å²) in [5, 5.41) is 3.05. The Bertz CT molecular complexity index is 1100. The fraction of sp³-hybridized carbons (Fsp3) is 0.567. The summed E-state index contributed by atoms with van der Waals surface area (Å²) in [4.78, 5) is 24.1. The number of aliphatic imine (C=N–C) groups is 1. The molecule has 1 unspecified atom stereocenters. The van der Waals surface area contributed by atoms with E-state index < -0.39 is 0 Å². The first-order valence-electron chi connectivity index (χ1n) is 14.3. The largest absolute Gasteiger partial charge is 0.439 e. The van der Waals surface area contributed by atoms with E-state index in [1.165, 1.54) is 19.3 Å². The number of nitrogens with one attached hydrogen (secondary N) is 1. The number of para-hydroxylation sites is 1. The van der Waals surface area contributed by atoms with E-state index in [-0.39, 0.29) is 17.6 Å². The van der Waals surface area contributed by atoms with Gasteiger partial charge < -0.3 is 31.2 Å². The molecule has 0 saturated heterocycles. The lowest BCUT2D eigenvalue weighted by Crippen LogP contribution is -2.49. The topological polar surface area (TPSA) is 128 Å². The van der Waals surface area contributed by atoms with Crippen LogP contribution in [-0.2, 0) is 16.1 Å². The molecule has 4 rings (SSSR count). The first kappa shape index (κ1) is 28.8. The van der Waals surface area contributed by atoms with E-state index in [1.54, 1.807) is 6.20 Å². The maximum Gasteiger partial charge on any atom is 0.220 e. The Labute approximate surface area is 232 Å². The second-order valence-electron chi connectivity index (χ2n) is 11.2. The van der Waals surface area contributed by atoms with Gasteiger partial charge in [-0.1, -0.05) is 37.5 Å². The summed E-state index contributed by atoms with van der Waals surface area (Å²) in [6.45, 7) is 6.19. The number of nitrogens with two attached hydrogens (primary N) is 2. The highest BCUT2D eigenvalue weighted by Gasteiger charge is 2.33. The summed E-state index contributed by atoms with van der Waals surface area (Å²) in [6, 6.07) is 11.7. The molecule has 39 heavy (non-hydrogen) atoms. The number of amides is 1. The van der Waals surface area contributed by atoms with Gasteiger partial charge in [0.25, 0.3) is 0 Å². The maximum absolute atomic E-state index is 12.8. The van der Waals surface area contributed by atoms with Crippen LogP contribution in [0.2, 0.25) is 0 Å². The second kappa shape index (κ2) is 13.8. The van der Waals surface area contributed by atoms with Gasteiger partial charge in [0.05, 0.1) is 17.5 Å². The van der Waals surface area contributed by atoms with Gasteiger partial charge in [-0.25, -0.2) is 9.98 Å². The molecule has 1 aliphatic carbocycles. The Balaban J connectivity index is 1.38. The Kier molecular flexibility index (Phi) is 10.2. The van der Waals surface area contributed by atoms with Crippen molar-refractivity contribution in [2.45, 2.75) is 83.4 Å². The second-order valence-corrected chi connectivity index (χ2v) is 11.2. The van der Waals surface area contributed by atoms with Gasteiger partial charge in [-0.2, -0.15) is 0 Å². The molecule has 2 aromatic rings. The molecule has 1 amide bonds. The van der Waals surface area contributed by atoms with Crippen molar-refractivity contribution in [3.8, 4) is 11.6 Å². The average molecular weight is 537 g/mol. The van der Waals surface area contributed by atoms with Gasteiger partial charge in [0.1, 0.15) is 5.75 Å². The monoisotopic (exact) mass is 536 g/mol. The molecule has 1 aromatic carbocycles. The number of benzene rings is 1. The quantitative estimate of drug-likeness (QED) is 0.319. The van der Waals surface area contributed by atoms with E-state index in [9.17, 15) is 4.79 Å². The zero-order valence-corrected chi connectivity index (χ0v) is 23.4. The number of rotatable bonds is 13. The van der Waals surface area contributed by atoms with Crippen LogP contribution >= 0.6 is 0 Å². The SMILES string of the molecule is CC(C)(CN)OCCCNC(=O)CCC(C1CCCCC1)N1Cc2cc(Oc3ccccc3)ncc2N=C1N. The molecule has 0 radical (unpaired) electrons. The summed E-state index contributed by atoms with van der Waals surface area (Å²) in [5.74, 6) is 2.31. The first-order valence-corrected chi connectivity index (χ1v) is 14.3. The van der Waals surface area contributed by atoms with E-state index >= 15 is 0 Å². The zero-order valence-electron chi connectivity index (χ0n) is 23.4. The van der Waals surface area contributed by atoms with Crippen molar-refractivity contribution < 1.29 is 14.3 Å². The lowest BCUT2D eigenvalue weighted by Gasteiger charge is -2.41. The fourth-order valence-corrected chi connectivity index (χ4v) is 5.34. The van der Waals surface area contributed by atoms with Crippen molar-refractivity contribution in [3.05, 3.63) is 48.2 Å². The highest BCUT2D eigenvalue weighted by atomic mass is 16.5. The average Bonchev–Trinajstić information content (AvgIpc) is 2.94. The lowest BCUT2D eigenvalue weighted by molar-refractivity contribution is -0.121. The van der Waals surface area contributed by atoms with Gasteiger partial charge in [-0.05, 0) is 57.6 Å². The molecule has 212 valence electrons. The minimum atomic E-state index is -0.337. The Hall–Kier alpha value is -3.17. The van der Waals surface area contributed by atoms with E-state index in [0.29, 0.717) is 50.4 Å². The Morgan fingerprint density at radius 2 is 1.97 bits per heavy atom. The predicted octanol–water partition coefficient (Wildman–Crippen LogP) is 4.63. The molecular formula is C30H44N6O3. The summed E-state index contributed by atoms with van der Waals surface area (Å²) >= 11 is 0. The van der Waals surface area contributed by atoms with Crippen LogP contribution in [0.15, 0.2) is 47.6 Å². The van der Waals surface area contributed by atoms with Crippen LogP contribution < -0.4 is 21.5 Å². The summed E-state index contributed by atoms with van der Waals surface area (Å²) in [5.41, 5.74) is 13.7. The van der Waals surface area contributed by atoms with Gasteiger partial charge >= 0.3 is 0 Å². The number of fused-ring (bicyclic) bond motifs is 1. The number of carbonyl (C=O) groups excluding carboxylic acids is 1. The van der Waals surface area contributed by atoms with Crippen LogP contribution in [0.5, 0.6) is 11.6 Å². The van der Waals surface area contributed by atoms with Crippen LogP contribution in [0.4, 0.5) is 5.69 Å². The van der Waals surface area contributed by atoms with E-state index in [2.05, 4.69) is 15.2 Å². The smallest absolute Gasteiger partial charge is 0.220 e. The molecule has 1 atom stereocenters. The number of hydrogen-bond donors (Lipinski definition) is 3. The Morgan fingerprint density at radius 1 is 1.21 bits per heavy atom. The summed E-state index contributed by atoms with van der Waals surface area (Å²) in [7, 11) is 0. The molecule has 1 fully saturated rings. The van der Waals surface area contributed by atoms with Crippen molar-refractivity contribution in [2.75, 3.05) is 19.7 Å². The molecule has 1 aliphatic heterocycles. The third kappa shape index (κ3) is 8.41. The van der Waals surface area contributed by atoms with Crippen molar-refractivity contribution in [2.24, 2.45) is 22.4 Å². The number of ether oxygens (including phenoxy) is 2. The van der Waals surface area contributed by atoms with Gasteiger partial charge in [0.15, 0.2) is 5.96 Å². The van der Waals surface area contributed by atoms with Crippen LogP contribution in [0.25, 0.3) is 0 Å². The van der Waals surface area contributed by atoms with Gasteiger partial charge in [0.2, 0.25) is 11.8 Å². The van der Waals surface area contributed by atoms with Gasteiger partial charge in [-0.15, -0.1) is 0 Å². The summed E-state index contributed by atoms with van der Waals surface area (Å²) in [6.07, 6.45) is 9.66. The maximum atomic E-state index is 12.8. The number of guanidine groups is 1. The highest BCUT2D eigenvalue weighted by molar-refractivity contribution is 5.84. The molecule has 9 nitrogen and oxygen atoms in total. The minimum Gasteiger partial charge on any atom is -0.439 e. The lowest BCUT2D eigenvalue weighted by atomic mass is 9.81. The highest BCUT2D eigenvalue weighted by Crippen LogP contribution is 2.36. The first-order chi connectivity index (χ1) is 18.8. The molecular weight excluding hydrogens is 492 g/mol. The van der Waals surface area contributed by atoms with E-state index in [4.69, 9.17) is 25.9 Å². The van der Waals surface area contributed by atoms with Crippen molar-refractivity contribution in [3.63, 3.8) is 0 Å². The van der Waals surface area contributed by atoms with Crippen molar-refractivity contribution in [1.29, 1.82) is 0 Å². The molecule has 2 aliphatic rings. The van der Waals surface area contributed by atoms with Crippen LogP contribution in [0.1, 0.15) is 70.8 Å². The van der Waals surface area contributed by atoms with Gasteiger partial charge in [0, 0.05) is 50.3 Å². The third-order valence-corrected chi connectivity index (χ3v) is 7.67. The van der Waals surface area contributed by atoms with Crippen LogP contribution in [-0.4, -0.2) is 53.1 Å². The third-order valence-electron chi connectivity index (χ3n) is 7.67. The molecule has 1 aromatic heterocycles. The summed E-state index contributed by atoms with van der Waals surface area (Å²) < 4.78 is 11.7. The van der Waals surface area contributed by atoms with E-state index in [1.807, 2.05) is 50.2 Å². The molecule has 0 bridgehead atoms. The van der Waals surface area contributed by atoms with Crippen molar-refractivity contribution >= 4 is 17.6 Å². The fourth-order valence-electron chi connectivity index (χ4n) is 5.34. The Morgan fingerprint density at radius 3 is 2.72 bits per heavy atom. The van der Waals surface area contributed by atoms with E-state index in [0.717, 1.165) is 42.7 Å². The van der Waals surface area contributed by atoms with Crippen LogP contribution in [0, 0.1) is 5.92 Å². The normalized spacial score (nSPS) is 16.8. The molecule has 9 heteroatoms. The van der Waals surface area contributed by atoms with Crippen molar-refractivity contribution in [1.82, 2.24) is 15.2 Å². The van der Waals surface area contributed by atoms with Gasteiger partial charge in [-0.3, -0.25) is 4.79 Å². The molecule has 0 spiro atoms. The molecule has 2 heterocycles. The zero-order chi connectivity index (χ0) is 27.7. The van der Waals surface area contributed by atoms with Crippen LogP contribution in [0.3, 0.4) is 0 Å². The predicted molar refractivity (Wildman–Crippen MR) is 154 cm³/mol. The number of pyridine rings is 1. The number of aromatic nitrogens is 1. The number of nitrogens with zero attached hydrogens (tertiary/aromatic N) is 3. The number of carbonyl (C=O) groups is 1.